The largest absolute Gasteiger partial charge is 0.280 e. The molecule has 0 unspecified atom stereocenters. The first-order chi connectivity index (χ1) is 11.7. The van der Waals surface area contributed by atoms with Crippen molar-refractivity contribution in [3.8, 4) is 5.69 Å². The van der Waals surface area contributed by atoms with E-state index in [1.165, 1.54) is 12.1 Å². The molecule has 0 aliphatic carbocycles. The maximum absolute atomic E-state index is 14.0. The molecule has 4 rings (SSSR count). The van der Waals surface area contributed by atoms with Crippen molar-refractivity contribution in [3.05, 3.63) is 76.1 Å². The third-order valence-corrected chi connectivity index (χ3v) is 4.71. The van der Waals surface area contributed by atoms with E-state index in [-0.39, 0.29) is 5.82 Å². The van der Waals surface area contributed by atoms with Crippen LogP contribution in [0.3, 0.4) is 0 Å². The highest BCUT2D eigenvalue weighted by Crippen LogP contribution is 2.29. The van der Waals surface area contributed by atoms with Crippen LogP contribution < -0.4 is 0 Å². The summed E-state index contributed by atoms with van der Waals surface area (Å²) < 4.78 is 15.9. The number of halogens is 3. The second-order valence-corrected chi connectivity index (χ2v) is 6.28. The van der Waals surface area contributed by atoms with E-state index in [0.29, 0.717) is 34.0 Å². The van der Waals surface area contributed by atoms with E-state index >= 15 is 0 Å². The minimum Gasteiger partial charge on any atom is -0.280 e. The van der Waals surface area contributed by atoms with Crippen LogP contribution in [-0.2, 0) is 11.9 Å². The Morgan fingerprint density at radius 2 is 1.96 bits per heavy atom. The molecule has 2 aromatic carbocycles. The molecule has 3 aromatic rings. The van der Waals surface area contributed by atoms with Gasteiger partial charge in [-0.05, 0) is 24.3 Å². The molecule has 0 fully saturated rings. The number of aliphatic imine (C=N–C) groups is 1. The van der Waals surface area contributed by atoms with Crippen LogP contribution in [0.5, 0.6) is 0 Å². The highest BCUT2D eigenvalue weighted by molar-refractivity contribution is 9.08. The molecule has 1 aliphatic heterocycles. The Kier molecular flexibility index (Phi) is 3.94. The van der Waals surface area contributed by atoms with Crippen molar-refractivity contribution in [3.63, 3.8) is 0 Å². The predicted molar refractivity (Wildman–Crippen MR) is 94.7 cm³/mol. The minimum absolute atomic E-state index is 0.328. The lowest BCUT2D eigenvalue weighted by Crippen LogP contribution is -2.10. The highest BCUT2D eigenvalue weighted by Gasteiger charge is 2.23. The van der Waals surface area contributed by atoms with Gasteiger partial charge in [-0.25, -0.2) is 4.39 Å². The standard InChI is InChI=1S/C17H11BrClFN4/c18-8-15-22-23-16-9-21-17(11-3-1-2-4-13(11)19)12-7-10(20)5-6-14(12)24(15)16/h1-7H,8-9H2. The van der Waals surface area contributed by atoms with E-state index < -0.39 is 0 Å². The molecule has 1 aromatic heterocycles. The minimum atomic E-state index is -0.328. The van der Waals surface area contributed by atoms with Gasteiger partial charge in [0.2, 0.25) is 0 Å². The van der Waals surface area contributed by atoms with Gasteiger partial charge in [-0.1, -0.05) is 45.7 Å². The van der Waals surface area contributed by atoms with Crippen LogP contribution >= 0.6 is 27.5 Å². The fourth-order valence-electron chi connectivity index (χ4n) is 2.83. The van der Waals surface area contributed by atoms with Gasteiger partial charge < -0.3 is 0 Å². The SMILES string of the molecule is Fc1ccc2c(c1)C(c1ccccc1Cl)=NCc1nnc(CBr)n1-2. The zero-order chi connectivity index (χ0) is 16.7. The number of hydrogen-bond acceptors (Lipinski definition) is 3. The Balaban J connectivity index is 2.01. The van der Waals surface area contributed by atoms with Crippen LogP contribution in [0.2, 0.25) is 5.02 Å². The number of alkyl halides is 1. The molecule has 0 bridgehead atoms. The van der Waals surface area contributed by atoms with E-state index in [9.17, 15) is 4.39 Å². The zero-order valence-electron chi connectivity index (χ0n) is 12.4. The van der Waals surface area contributed by atoms with E-state index in [1.807, 2.05) is 22.8 Å². The Morgan fingerprint density at radius 1 is 1.12 bits per heavy atom. The Hall–Kier alpha value is -2.05. The molecule has 2 heterocycles. The summed E-state index contributed by atoms with van der Waals surface area (Å²) in [5.74, 6) is 1.12. The van der Waals surface area contributed by atoms with Crippen molar-refractivity contribution in [2.75, 3.05) is 0 Å². The summed E-state index contributed by atoms with van der Waals surface area (Å²) in [6.45, 7) is 0.344. The van der Waals surface area contributed by atoms with Crippen molar-refractivity contribution in [1.82, 2.24) is 14.8 Å². The van der Waals surface area contributed by atoms with Gasteiger partial charge in [-0.15, -0.1) is 10.2 Å². The summed E-state index contributed by atoms with van der Waals surface area (Å²) in [6.07, 6.45) is 0. The average Bonchev–Trinajstić information content (AvgIpc) is 2.93. The molecular formula is C17H11BrClFN4. The van der Waals surface area contributed by atoms with Gasteiger partial charge in [0.25, 0.3) is 0 Å². The van der Waals surface area contributed by atoms with E-state index in [0.717, 1.165) is 17.1 Å². The molecule has 0 saturated carbocycles. The third-order valence-electron chi connectivity index (χ3n) is 3.88. The predicted octanol–water partition coefficient (Wildman–Crippen LogP) is 4.31. The van der Waals surface area contributed by atoms with Crippen LogP contribution in [0.4, 0.5) is 4.39 Å². The van der Waals surface area contributed by atoms with Crippen LogP contribution in [-0.4, -0.2) is 20.5 Å². The lowest BCUT2D eigenvalue weighted by atomic mass is 10.00. The normalized spacial score (nSPS) is 13.0. The Bertz CT molecular complexity index is 967. The number of aromatic nitrogens is 3. The lowest BCUT2D eigenvalue weighted by molar-refractivity contribution is 0.627. The summed E-state index contributed by atoms with van der Waals surface area (Å²) in [4.78, 5) is 4.65. The molecule has 0 spiro atoms. The molecule has 0 amide bonds. The fraction of sp³-hybridized carbons (Fsp3) is 0.118. The van der Waals surface area contributed by atoms with Gasteiger partial charge in [0.1, 0.15) is 18.2 Å². The van der Waals surface area contributed by atoms with E-state index in [2.05, 4.69) is 31.1 Å². The average molecular weight is 406 g/mol. The second-order valence-electron chi connectivity index (χ2n) is 5.31. The highest BCUT2D eigenvalue weighted by atomic mass is 79.9. The Labute approximate surface area is 151 Å². The van der Waals surface area contributed by atoms with Crippen LogP contribution in [0.25, 0.3) is 5.69 Å². The molecular weight excluding hydrogens is 395 g/mol. The third kappa shape index (κ3) is 2.46. The summed E-state index contributed by atoms with van der Waals surface area (Å²) in [5.41, 5.74) is 2.89. The molecule has 0 saturated heterocycles. The van der Waals surface area contributed by atoms with Crippen molar-refractivity contribution in [2.45, 2.75) is 11.9 Å². The van der Waals surface area contributed by atoms with E-state index in [1.54, 1.807) is 12.1 Å². The van der Waals surface area contributed by atoms with Gasteiger partial charge in [0.05, 0.1) is 16.7 Å². The smallest absolute Gasteiger partial charge is 0.159 e. The van der Waals surface area contributed by atoms with Gasteiger partial charge >= 0.3 is 0 Å². The second kappa shape index (κ2) is 6.11. The lowest BCUT2D eigenvalue weighted by Gasteiger charge is -2.13. The van der Waals surface area contributed by atoms with Gasteiger partial charge in [-0.3, -0.25) is 9.56 Å². The molecule has 120 valence electrons. The molecule has 0 atom stereocenters. The molecule has 0 radical (unpaired) electrons. The summed E-state index contributed by atoms with van der Waals surface area (Å²) in [5, 5.41) is 9.49. The molecule has 7 heteroatoms. The van der Waals surface area contributed by atoms with Crippen molar-refractivity contribution in [2.24, 2.45) is 4.99 Å². The van der Waals surface area contributed by atoms with Crippen LogP contribution in [0.15, 0.2) is 47.5 Å². The number of nitrogens with zero attached hydrogens (tertiary/aromatic N) is 4. The Morgan fingerprint density at radius 3 is 2.75 bits per heavy atom. The monoisotopic (exact) mass is 404 g/mol. The van der Waals surface area contributed by atoms with Crippen LogP contribution in [0, 0.1) is 5.82 Å². The van der Waals surface area contributed by atoms with Crippen LogP contribution in [0.1, 0.15) is 22.8 Å². The quantitative estimate of drug-likeness (QED) is 0.596. The van der Waals surface area contributed by atoms with Crippen molar-refractivity contribution >= 4 is 33.2 Å². The molecule has 1 aliphatic rings. The van der Waals surface area contributed by atoms with E-state index in [4.69, 9.17) is 11.6 Å². The number of hydrogen-bond donors (Lipinski definition) is 0. The maximum Gasteiger partial charge on any atom is 0.159 e. The number of rotatable bonds is 2. The topological polar surface area (TPSA) is 43.1 Å². The summed E-state index contributed by atoms with van der Waals surface area (Å²) in [7, 11) is 0. The maximum atomic E-state index is 14.0. The zero-order valence-corrected chi connectivity index (χ0v) is 14.7. The summed E-state index contributed by atoms with van der Waals surface area (Å²) >= 11 is 9.77. The molecule has 0 N–H and O–H groups in total. The first kappa shape index (κ1) is 15.5. The van der Waals surface area contributed by atoms with Gasteiger partial charge in [0, 0.05) is 16.1 Å². The van der Waals surface area contributed by atoms with Crippen molar-refractivity contribution < 1.29 is 4.39 Å². The first-order valence-electron chi connectivity index (χ1n) is 7.28. The van der Waals surface area contributed by atoms with Crippen molar-refractivity contribution in [1.29, 1.82) is 0 Å². The van der Waals surface area contributed by atoms with Gasteiger partial charge in [-0.2, -0.15) is 0 Å². The fourth-order valence-corrected chi connectivity index (χ4v) is 3.42. The number of fused-ring (bicyclic) bond motifs is 3. The molecule has 4 nitrogen and oxygen atoms in total. The summed E-state index contributed by atoms with van der Waals surface area (Å²) in [6, 6.07) is 12.0. The number of benzene rings is 2. The first-order valence-corrected chi connectivity index (χ1v) is 8.78. The molecule has 24 heavy (non-hydrogen) atoms. The van der Waals surface area contributed by atoms with Gasteiger partial charge in [0.15, 0.2) is 5.82 Å².